The number of anilines is 1. The van der Waals surface area contributed by atoms with Crippen LogP contribution in [0.1, 0.15) is 52.1 Å². The van der Waals surface area contributed by atoms with Gasteiger partial charge in [-0.15, -0.1) is 0 Å². The molecule has 0 spiro atoms. The predicted octanol–water partition coefficient (Wildman–Crippen LogP) is 5.36. The minimum atomic E-state index is -0.637. The second-order valence-electron chi connectivity index (χ2n) is 11.8. The Morgan fingerprint density at radius 3 is 2.59 bits per heavy atom. The number of hydrogen-bond donors (Lipinski definition) is 1. The van der Waals surface area contributed by atoms with E-state index in [0.717, 1.165) is 28.7 Å². The number of halogens is 2. The Balaban J connectivity index is 1.33. The number of ether oxygens (including phenoxy) is 1. The van der Waals surface area contributed by atoms with Crippen molar-refractivity contribution in [1.29, 1.82) is 0 Å². The van der Waals surface area contributed by atoms with Crippen molar-refractivity contribution >= 4 is 51.9 Å². The van der Waals surface area contributed by atoms with Gasteiger partial charge >= 0.3 is 6.09 Å². The zero-order valence-corrected chi connectivity index (χ0v) is 25.4. The molecule has 3 atom stereocenters. The van der Waals surface area contributed by atoms with E-state index >= 15 is 0 Å². The van der Waals surface area contributed by atoms with Crippen molar-refractivity contribution in [3.05, 3.63) is 58.3 Å². The van der Waals surface area contributed by atoms with Crippen molar-refractivity contribution in [2.75, 3.05) is 37.7 Å². The third kappa shape index (κ3) is 6.12. The summed E-state index contributed by atoms with van der Waals surface area (Å²) >= 11 is 12.6. The van der Waals surface area contributed by atoms with Crippen LogP contribution < -0.4 is 4.90 Å². The molecule has 2 amide bonds. The fourth-order valence-electron chi connectivity index (χ4n) is 5.80. The molecule has 2 aliphatic heterocycles. The first kappa shape index (κ1) is 29.5. The number of aliphatic hydroxyl groups excluding tert-OH is 1. The molecule has 0 aliphatic carbocycles. The number of imidazole rings is 1. The van der Waals surface area contributed by atoms with Crippen LogP contribution in [0.5, 0.6) is 0 Å². The van der Waals surface area contributed by atoms with Crippen LogP contribution in [0.15, 0.2) is 42.7 Å². The molecule has 3 heterocycles. The van der Waals surface area contributed by atoms with Crippen LogP contribution in [-0.2, 0) is 9.53 Å². The first-order valence-electron chi connectivity index (χ1n) is 14.0. The van der Waals surface area contributed by atoms with Crippen molar-refractivity contribution < 1.29 is 19.4 Å². The molecule has 1 aromatic heterocycles. The van der Waals surface area contributed by atoms with Gasteiger partial charge < -0.3 is 24.2 Å². The van der Waals surface area contributed by atoms with Crippen LogP contribution in [0, 0.1) is 0 Å². The van der Waals surface area contributed by atoms with Crippen molar-refractivity contribution in [2.24, 2.45) is 0 Å². The van der Waals surface area contributed by atoms with Gasteiger partial charge in [-0.2, -0.15) is 0 Å². The van der Waals surface area contributed by atoms with Gasteiger partial charge in [0.15, 0.2) is 0 Å². The minimum Gasteiger partial charge on any atom is -0.444 e. The van der Waals surface area contributed by atoms with Gasteiger partial charge in [-0.25, -0.2) is 9.78 Å². The number of likely N-dealkylation sites (tertiary alicyclic amines) is 1. The van der Waals surface area contributed by atoms with Crippen LogP contribution in [0.2, 0.25) is 10.0 Å². The van der Waals surface area contributed by atoms with Crippen molar-refractivity contribution in [3.8, 4) is 0 Å². The molecule has 9 nitrogen and oxygen atoms in total. The smallest absolute Gasteiger partial charge is 0.410 e. The van der Waals surface area contributed by atoms with Crippen molar-refractivity contribution in [2.45, 2.75) is 64.3 Å². The van der Waals surface area contributed by atoms with Crippen molar-refractivity contribution in [3.63, 3.8) is 0 Å². The van der Waals surface area contributed by atoms with Crippen LogP contribution in [0.25, 0.3) is 11.0 Å². The number of piperazine rings is 1. The maximum atomic E-state index is 13.7. The lowest BCUT2D eigenvalue weighted by atomic mass is 10.1. The third-order valence-electron chi connectivity index (χ3n) is 7.90. The zero-order valence-electron chi connectivity index (χ0n) is 23.9. The Hall–Kier alpha value is -3.01. The molecular formula is C30H37Cl2N5O4. The summed E-state index contributed by atoms with van der Waals surface area (Å²) in [7, 11) is 0. The molecule has 0 bridgehead atoms. The highest BCUT2D eigenvalue weighted by atomic mass is 35.5. The minimum absolute atomic E-state index is 0.0704. The quantitative estimate of drug-likeness (QED) is 0.423. The molecule has 0 saturated carbocycles. The number of nitrogens with zero attached hydrogens (tertiary/aromatic N) is 5. The normalized spacial score (nSPS) is 20.5. The van der Waals surface area contributed by atoms with Crippen LogP contribution in [0.4, 0.5) is 10.5 Å². The van der Waals surface area contributed by atoms with Gasteiger partial charge in [-0.05, 0) is 76.4 Å². The summed E-state index contributed by atoms with van der Waals surface area (Å²) in [5, 5.41) is 11.5. The number of hydrogen-bond acceptors (Lipinski definition) is 6. The molecule has 1 unspecified atom stereocenters. The molecular weight excluding hydrogens is 565 g/mol. The molecule has 220 valence electrons. The number of carbonyl (C=O) groups is 2. The van der Waals surface area contributed by atoms with Gasteiger partial charge in [0.1, 0.15) is 11.6 Å². The van der Waals surface area contributed by atoms with E-state index in [1.165, 1.54) is 4.90 Å². The molecule has 11 heteroatoms. The summed E-state index contributed by atoms with van der Waals surface area (Å²) in [5.74, 6) is -0.130. The van der Waals surface area contributed by atoms with E-state index in [4.69, 9.17) is 27.9 Å². The molecule has 5 rings (SSSR count). The zero-order chi connectivity index (χ0) is 29.5. The van der Waals surface area contributed by atoms with E-state index < -0.39 is 23.8 Å². The number of aromatic nitrogens is 2. The number of fused-ring (bicyclic) bond motifs is 1. The standard InChI is InChI=1S/C30H37Cl2N5O4/c1-19(23-9-7-20(31)14-24(23)32)37-18-33-25-10-8-21(15-27(25)37)34-12-13-35(22(16-34)17-38)28(39)26-6-5-11-36(26)29(40)41-30(2,3)4/h7-10,14-15,18-19,22,26,38H,5-6,11-13,16-17H2,1-4H3/t19-,22+,26?/m1/s1. The largest absolute Gasteiger partial charge is 0.444 e. The average molecular weight is 603 g/mol. The molecule has 2 aliphatic rings. The molecule has 1 N–H and O–H groups in total. The fourth-order valence-corrected chi connectivity index (χ4v) is 6.37. The Morgan fingerprint density at radius 1 is 1.10 bits per heavy atom. The Bertz CT molecular complexity index is 1440. The summed E-state index contributed by atoms with van der Waals surface area (Å²) < 4.78 is 7.64. The van der Waals surface area contributed by atoms with Gasteiger partial charge in [0.2, 0.25) is 5.91 Å². The molecule has 0 radical (unpaired) electrons. The maximum absolute atomic E-state index is 13.7. The van der Waals surface area contributed by atoms with E-state index in [1.54, 1.807) is 11.0 Å². The number of rotatable bonds is 5. The van der Waals surface area contributed by atoms with E-state index in [0.29, 0.717) is 42.6 Å². The van der Waals surface area contributed by atoms with Crippen molar-refractivity contribution in [1.82, 2.24) is 19.4 Å². The van der Waals surface area contributed by atoms with E-state index in [-0.39, 0.29) is 18.6 Å². The SMILES string of the molecule is C[C@H](c1ccc(Cl)cc1Cl)n1cnc2ccc(N3CCN(C(=O)C4CCCN4C(=O)OC(C)(C)C)[C@H](CO)C3)cc21. The van der Waals surface area contributed by atoms with Gasteiger partial charge in [0, 0.05) is 41.9 Å². The summed E-state index contributed by atoms with van der Waals surface area (Å²) in [5.41, 5.74) is 3.11. The Kier molecular flexibility index (Phi) is 8.41. The van der Waals surface area contributed by atoms with Gasteiger partial charge in [-0.1, -0.05) is 29.3 Å². The molecule has 2 fully saturated rings. The summed E-state index contributed by atoms with van der Waals surface area (Å²) in [6.45, 7) is 9.34. The fraction of sp³-hybridized carbons (Fsp3) is 0.500. The highest BCUT2D eigenvalue weighted by Crippen LogP contribution is 2.33. The molecule has 41 heavy (non-hydrogen) atoms. The second-order valence-corrected chi connectivity index (χ2v) is 12.7. The average Bonchev–Trinajstić information content (AvgIpc) is 3.58. The first-order valence-corrected chi connectivity index (χ1v) is 14.8. The number of benzene rings is 2. The topological polar surface area (TPSA) is 91.1 Å². The second kappa shape index (κ2) is 11.7. The molecule has 2 saturated heterocycles. The lowest BCUT2D eigenvalue weighted by Gasteiger charge is -2.43. The van der Waals surface area contributed by atoms with Crippen LogP contribution in [0.3, 0.4) is 0 Å². The first-order chi connectivity index (χ1) is 19.5. The van der Waals surface area contributed by atoms with E-state index in [1.807, 2.05) is 51.4 Å². The number of carbonyl (C=O) groups excluding carboxylic acids is 2. The van der Waals surface area contributed by atoms with Crippen LogP contribution >= 0.6 is 23.2 Å². The van der Waals surface area contributed by atoms with Gasteiger partial charge in [0.25, 0.3) is 0 Å². The third-order valence-corrected chi connectivity index (χ3v) is 8.46. The predicted molar refractivity (Wildman–Crippen MR) is 161 cm³/mol. The Morgan fingerprint density at radius 2 is 1.88 bits per heavy atom. The van der Waals surface area contributed by atoms with Crippen LogP contribution in [-0.4, -0.2) is 86.9 Å². The summed E-state index contributed by atoms with van der Waals surface area (Å²) in [6, 6.07) is 10.6. The summed E-state index contributed by atoms with van der Waals surface area (Å²) in [4.78, 5) is 36.5. The van der Waals surface area contributed by atoms with E-state index in [9.17, 15) is 14.7 Å². The van der Waals surface area contributed by atoms with E-state index in [2.05, 4.69) is 27.4 Å². The maximum Gasteiger partial charge on any atom is 0.410 e. The van der Waals surface area contributed by atoms with Gasteiger partial charge in [-0.3, -0.25) is 9.69 Å². The monoisotopic (exact) mass is 601 g/mol. The number of aliphatic hydroxyl groups is 1. The lowest BCUT2D eigenvalue weighted by molar-refractivity contribution is -0.139. The van der Waals surface area contributed by atoms with Gasteiger partial charge in [0.05, 0.1) is 36.1 Å². The highest BCUT2D eigenvalue weighted by Gasteiger charge is 2.41. The highest BCUT2D eigenvalue weighted by molar-refractivity contribution is 6.35. The lowest BCUT2D eigenvalue weighted by Crippen LogP contribution is -2.60. The Labute approximate surface area is 250 Å². The molecule has 3 aromatic rings. The number of amides is 2. The molecule has 2 aromatic carbocycles. The summed E-state index contributed by atoms with van der Waals surface area (Å²) in [6.07, 6.45) is 2.68.